The maximum Gasteiger partial charge on any atom is 0.163 e. The van der Waals surface area contributed by atoms with Gasteiger partial charge < -0.3 is 5.32 Å². The lowest BCUT2D eigenvalue weighted by Gasteiger charge is -2.22. The molecule has 2 rings (SSSR count). The molecular weight excluding hydrogens is 284 g/mol. The fourth-order valence-electron chi connectivity index (χ4n) is 2.75. The van der Waals surface area contributed by atoms with Crippen molar-refractivity contribution in [1.29, 1.82) is 0 Å². The predicted octanol–water partition coefficient (Wildman–Crippen LogP) is 2.44. The number of hydrogen-bond acceptors (Lipinski definition) is 3. The van der Waals surface area contributed by atoms with Gasteiger partial charge in [0.05, 0.1) is 11.5 Å². The molecule has 0 aromatic heterocycles. The molecule has 0 bridgehead atoms. The molecule has 0 amide bonds. The average molecular weight is 303 g/mol. The Balaban J connectivity index is 2.17. The molecule has 2 atom stereocenters. The van der Waals surface area contributed by atoms with Crippen LogP contribution in [0.5, 0.6) is 0 Å². The van der Waals surface area contributed by atoms with E-state index in [-0.39, 0.29) is 29.0 Å². The fraction of sp³-hybridized carbons (Fsp3) is 0.571. The molecule has 1 aliphatic rings. The Labute approximate surface area is 118 Å². The highest BCUT2D eigenvalue weighted by Gasteiger charge is 2.31. The molecule has 1 aliphatic heterocycles. The Morgan fingerprint density at radius 2 is 2.15 bits per heavy atom. The smallest absolute Gasteiger partial charge is 0.163 e. The molecule has 0 radical (unpaired) electrons. The van der Waals surface area contributed by atoms with E-state index in [1.165, 1.54) is 6.07 Å². The van der Waals surface area contributed by atoms with Crippen LogP contribution in [0.4, 0.5) is 8.78 Å². The second-order valence-electron chi connectivity index (χ2n) is 5.26. The molecule has 20 heavy (non-hydrogen) atoms. The zero-order valence-electron chi connectivity index (χ0n) is 11.4. The van der Waals surface area contributed by atoms with Crippen molar-refractivity contribution in [3.63, 3.8) is 0 Å². The van der Waals surface area contributed by atoms with Crippen molar-refractivity contribution < 1.29 is 17.2 Å². The standard InChI is InChI=1S/C14H19F2NO2S/c1-2-17-13(8-10-6-7-20(18,19)9-10)11-4-3-5-12(15)14(11)16/h3-5,10,13,17H,2,6-9H2,1H3. The van der Waals surface area contributed by atoms with E-state index in [2.05, 4.69) is 5.32 Å². The third-order valence-corrected chi connectivity index (χ3v) is 5.54. The van der Waals surface area contributed by atoms with Gasteiger partial charge >= 0.3 is 0 Å². The lowest BCUT2D eigenvalue weighted by Crippen LogP contribution is -2.25. The van der Waals surface area contributed by atoms with Gasteiger partial charge in [-0.2, -0.15) is 0 Å². The molecule has 112 valence electrons. The maximum atomic E-state index is 13.9. The molecular formula is C14H19F2NO2S. The Hall–Kier alpha value is -1.01. The summed E-state index contributed by atoms with van der Waals surface area (Å²) in [6, 6.07) is 3.76. The Morgan fingerprint density at radius 3 is 2.75 bits per heavy atom. The fourth-order valence-corrected chi connectivity index (χ4v) is 4.63. The van der Waals surface area contributed by atoms with E-state index < -0.39 is 21.5 Å². The Morgan fingerprint density at radius 1 is 1.40 bits per heavy atom. The SMILES string of the molecule is CCNC(CC1CCS(=O)(=O)C1)c1cccc(F)c1F. The van der Waals surface area contributed by atoms with Gasteiger partial charge in [-0.05, 0) is 31.4 Å². The van der Waals surface area contributed by atoms with E-state index >= 15 is 0 Å². The van der Waals surface area contributed by atoms with Gasteiger partial charge in [0, 0.05) is 11.6 Å². The molecule has 1 N–H and O–H groups in total. The number of halogens is 2. The van der Waals surface area contributed by atoms with Crippen LogP contribution < -0.4 is 5.32 Å². The minimum Gasteiger partial charge on any atom is -0.310 e. The van der Waals surface area contributed by atoms with E-state index in [4.69, 9.17) is 0 Å². The van der Waals surface area contributed by atoms with Crippen molar-refractivity contribution in [2.45, 2.75) is 25.8 Å². The van der Waals surface area contributed by atoms with Crippen LogP contribution >= 0.6 is 0 Å². The first-order valence-electron chi connectivity index (χ1n) is 6.80. The summed E-state index contributed by atoms with van der Waals surface area (Å²) in [5.41, 5.74) is 0.274. The first-order valence-corrected chi connectivity index (χ1v) is 8.63. The summed E-state index contributed by atoms with van der Waals surface area (Å²) < 4.78 is 50.2. The van der Waals surface area contributed by atoms with Gasteiger partial charge in [-0.3, -0.25) is 0 Å². The quantitative estimate of drug-likeness (QED) is 0.909. The van der Waals surface area contributed by atoms with Gasteiger partial charge in [-0.1, -0.05) is 19.1 Å². The number of sulfone groups is 1. The van der Waals surface area contributed by atoms with Crippen LogP contribution in [0, 0.1) is 17.6 Å². The van der Waals surface area contributed by atoms with Crippen molar-refractivity contribution in [2.75, 3.05) is 18.1 Å². The summed E-state index contributed by atoms with van der Waals surface area (Å²) in [5.74, 6) is -1.37. The molecule has 1 aromatic rings. The Bertz CT molecular complexity index is 575. The van der Waals surface area contributed by atoms with Gasteiger partial charge in [-0.15, -0.1) is 0 Å². The van der Waals surface area contributed by atoms with Gasteiger partial charge in [0.25, 0.3) is 0 Å². The minimum atomic E-state index is -2.95. The van der Waals surface area contributed by atoms with Crippen molar-refractivity contribution in [2.24, 2.45) is 5.92 Å². The second-order valence-corrected chi connectivity index (χ2v) is 7.49. The molecule has 1 aromatic carbocycles. The van der Waals surface area contributed by atoms with Crippen LogP contribution in [0.25, 0.3) is 0 Å². The number of benzene rings is 1. The zero-order valence-corrected chi connectivity index (χ0v) is 12.2. The summed E-state index contributed by atoms with van der Waals surface area (Å²) in [6.07, 6.45) is 1.11. The molecule has 3 nitrogen and oxygen atoms in total. The maximum absolute atomic E-state index is 13.9. The third-order valence-electron chi connectivity index (χ3n) is 3.70. The van der Waals surface area contributed by atoms with Crippen LogP contribution in [-0.4, -0.2) is 26.5 Å². The first-order chi connectivity index (χ1) is 9.43. The highest BCUT2D eigenvalue weighted by atomic mass is 32.2. The lowest BCUT2D eigenvalue weighted by molar-refractivity contribution is 0.400. The number of rotatable bonds is 5. The second kappa shape index (κ2) is 6.18. The number of nitrogens with one attached hydrogen (secondary N) is 1. The molecule has 1 saturated heterocycles. The highest BCUT2D eigenvalue weighted by Crippen LogP contribution is 2.30. The molecule has 0 spiro atoms. The van der Waals surface area contributed by atoms with Crippen LogP contribution in [0.15, 0.2) is 18.2 Å². The van der Waals surface area contributed by atoms with Gasteiger partial charge in [0.1, 0.15) is 0 Å². The number of hydrogen-bond donors (Lipinski definition) is 1. The van der Waals surface area contributed by atoms with E-state index in [1.54, 1.807) is 6.07 Å². The highest BCUT2D eigenvalue weighted by molar-refractivity contribution is 7.91. The Kier molecular flexibility index (Phi) is 4.75. The first kappa shape index (κ1) is 15.4. The van der Waals surface area contributed by atoms with Crippen molar-refractivity contribution >= 4 is 9.84 Å². The predicted molar refractivity (Wildman–Crippen MR) is 74.2 cm³/mol. The molecule has 2 unspecified atom stereocenters. The zero-order chi connectivity index (χ0) is 14.8. The molecule has 1 fully saturated rings. The summed E-state index contributed by atoms with van der Waals surface area (Å²) in [7, 11) is -2.95. The van der Waals surface area contributed by atoms with E-state index in [1.807, 2.05) is 6.92 Å². The lowest BCUT2D eigenvalue weighted by atomic mass is 9.94. The monoisotopic (exact) mass is 303 g/mol. The summed E-state index contributed by atoms with van der Waals surface area (Å²) in [5, 5.41) is 3.12. The van der Waals surface area contributed by atoms with Gasteiger partial charge in [0.15, 0.2) is 21.5 Å². The summed E-state index contributed by atoms with van der Waals surface area (Å²) in [6.45, 7) is 2.50. The van der Waals surface area contributed by atoms with Crippen LogP contribution in [0.2, 0.25) is 0 Å². The van der Waals surface area contributed by atoms with Crippen LogP contribution in [0.1, 0.15) is 31.4 Å². The third kappa shape index (κ3) is 3.55. The van der Waals surface area contributed by atoms with E-state index in [0.717, 1.165) is 6.07 Å². The van der Waals surface area contributed by atoms with Crippen LogP contribution in [-0.2, 0) is 9.84 Å². The van der Waals surface area contributed by atoms with E-state index in [9.17, 15) is 17.2 Å². The van der Waals surface area contributed by atoms with Crippen molar-refractivity contribution in [3.05, 3.63) is 35.4 Å². The molecule has 0 aliphatic carbocycles. The van der Waals surface area contributed by atoms with Crippen LogP contribution in [0.3, 0.4) is 0 Å². The van der Waals surface area contributed by atoms with E-state index in [0.29, 0.717) is 19.4 Å². The normalized spacial score (nSPS) is 22.9. The van der Waals surface area contributed by atoms with Gasteiger partial charge in [-0.25, -0.2) is 17.2 Å². The topological polar surface area (TPSA) is 46.2 Å². The van der Waals surface area contributed by atoms with Crippen molar-refractivity contribution in [3.8, 4) is 0 Å². The summed E-state index contributed by atoms with van der Waals surface area (Å²) in [4.78, 5) is 0. The largest absolute Gasteiger partial charge is 0.310 e. The molecule has 1 heterocycles. The average Bonchev–Trinajstić information content (AvgIpc) is 2.72. The molecule has 6 heteroatoms. The molecule has 0 saturated carbocycles. The van der Waals surface area contributed by atoms with Crippen molar-refractivity contribution in [1.82, 2.24) is 5.32 Å². The minimum absolute atomic E-state index is 0.00622. The summed E-state index contributed by atoms with van der Waals surface area (Å²) >= 11 is 0. The van der Waals surface area contributed by atoms with Gasteiger partial charge in [0.2, 0.25) is 0 Å².